The molecule has 3 nitrogen and oxygen atoms in total. The molecule has 0 amide bonds. The van der Waals surface area contributed by atoms with Gasteiger partial charge in [-0.2, -0.15) is 13.2 Å². The van der Waals surface area contributed by atoms with Crippen molar-refractivity contribution in [1.82, 2.24) is 0 Å². The first-order chi connectivity index (χ1) is 14.8. The number of benzene rings is 2. The van der Waals surface area contributed by atoms with E-state index < -0.39 is 17.7 Å². The van der Waals surface area contributed by atoms with Crippen LogP contribution >= 0.6 is 23.1 Å². The smallest absolute Gasteiger partial charge is 0.416 e. The summed E-state index contributed by atoms with van der Waals surface area (Å²) >= 11 is 3.14. The van der Waals surface area contributed by atoms with Crippen LogP contribution in [0.5, 0.6) is 5.75 Å². The Hall–Kier alpha value is -2.19. The van der Waals surface area contributed by atoms with Crippen molar-refractivity contribution in [3.05, 3.63) is 58.5 Å². The summed E-state index contributed by atoms with van der Waals surface area (Å²) in [5, 5.41) is 0.856. The fourth-order valence-corrected chi connectivity index (χ4v) is 5.13. The fraction of sp³-hybridized carbons (Fsp3) is 0.348. The van der Waals surface area contributed by atoms with Crippen molar-refractivity contribution in [2.45, 2.75) is 37.8 Å². The van der Waals surface area contributed by atoms with Crippen LogP contribution in [-0.2, 0) is 22.1 Å². The van der Waals surface area contributed by atoms with Crippen LogP contribution in [0, 0.1) is 6.92 Å². The average Bonchev–Trinajstić information content (AvgIpc) is 3.12. The Morgan fingerprint density at radius 1 is 1.13 bits per heavy atom. The van der Waals surface area contributed by atoms with E-state index in [1.54, 1.807) is 24.8 Å². The molecule has 0 spiro atoms. The Bertz CT molecular complexity index is 1040. The van der Waals surface area contributed by atoms with Gasteiger partial charge >= 0.3 is 12.1 Å². The number of carbonyl (C=O) groups is 1. The number of alkyl halides is 3. The third kappa shape index (κ3) is 6.64. The standard InChI is InChI=1S/C23H23F3O3S2/c1-3-28-22(27)14-29-20-9-8-18(11-15(20)2)30-10-4-5-19-12-16-6-7-17(23(24,25)26)13-21(16)31-19/h6-9,11-13H,3-5,10,14H2,1-2H3. The van der Waals surface area contributed by atoms with Crippen LogP contribution in [0.4, 0.5) is 13.2 Å². The van der Waals surface area contributed by atoms with E-state index in [4.69, 9.17) is 9.47 Å². The minimum atomic E-state index is -4.31. The van der Waals surface area contributed by atoms with Gasteiger partial charge in [0.25, 0.3) is 0 Å². The zero-order valence-corrected chi connectivity index (χ0v) is 18.9. The Morgan fingerprint density at radius 2 is 1.94 bits per heavy atom. The van der Waals surface area contributed by atoms with E-state index in [0.717, 1.165) is 45.4 Å². The molecule has 0 radical (unpaired) electrons. The molecule has 0 saturated heterocycles. The molecule has 1 aromatic heterocycles. The summed E-state index contributed by atoms with van der Waals surface area (Å²) in [7, 11) is 0. The molecular formula is C23H23F3O3S2. The van der Waals surface area contributed by atoms with Crippen molar-refractivity contribution in [2.24, 2.45) is 0 Å². The Balaban J connectivity index is 1.49. The van der Waals surface area contributed by atoms with Gasteiger partial charge in [-0.1, -0.05) is 6.07 Å². The lowest BCUT2D eigenvalue weighted by atomic mass is 10.1. The number of thiophene rings is 1. The van der Waals surface area contributed by atoms with Gasteiger partial charge in [0.15, 0.2) is 6.61 Å². The number of rotatable bonds is 9. The SMILES string of the molecule is CCOC(=O)COc1ccc(SCCCc2cc3ccc(C(F)(F)F)cc3s2)cc1C. The van der Waals surface area contributed by atoms with E-state index in [9.17, 15) is 18.0 Å². The maximum absolute atomic E-state index is 12.9. The molecule has 3 rings (SSSR count). The zero-order chi connectivity index (χ0) is 22.4. The number of aryl methyl sites for hydroxylation is 2. The summed E-state index contributed by atoms with van der Waals surface area (Å²) in [5.41, 5.74) is 0.341. The third-order valence-electron chi connectivity index (χ3n) is 4.53. The molecule has 0 fully saturated rings. The van der Waals surface area contributed by atoms with Gasteiger partial charge in [-0.25, -0.2) is 4.79 Å². The molecule has 0 atom stereocenters. The number of thioether (sulfide) groups is 1. The second kappa shape index (κ2) is 10.4. The second-order valence-corrected chi connectivity index (χ2v) is 9.27. The summed E-state index contributed by atoms with van der Waals surface area (Å²) in [6.45, 7) is 3.89. The highest BCUT2D eigenvalue weighted by Crippen LogP contribution is 2.35. The first-order valence-corrected chi connectivity index (χ1v) is 11.7. The molecule has 1 heterocycles. The van der Waals surface area contributed by atoms with E-state index in [2.05, 4.69) is 0 Å². The first kappa shape index (κ1) is 23.5. The van der Waals surface area contributed by atoms with Crippen molar-refractivity contribution in [2.75, 3.05) is 19.0 Å². The second-order valence-electron chi connectivity index (χ2n) is 6.94. The number of hydrogen-bond acceptors (Lipinski definition) is 5. The summed E-state index contributed by atoms with van der Waals surface area (Å²) in [5.74, 6) is 1.15. The minimum Gasteiger partial charge on any atom is -0.482 e. The van der Waals surface area contributed by atoms with E-state index in [1.807, 2.05) is 31.2 Å². The minimum absolute atomic E-state index is 0.110. The van der Waals surface area contributed by atoms with Crippen LogP contribution in [0.25, 0.3) is 10.1 Å². The van der Waals surface area contributed by atoms with E-state index >= 15 is 0 Å². The Kier molecular flexibility index (Phi) is 7.89. The normalized spacial score (nSPS) is 11.6. The van der Waals surface area contributed by atoms with Gasteiger partial charge in [0, 0.05) is 14.5 Å². The topological polar surface area (TPSA) is 35.5 Å². The molecule has 2 aromatic carbocycles. The average molecular weight is 469 g/mol. The predicted molar refractivity (Wildman–Crippen MR) is 119 cm³/mol. The summed E-state index contributed by atoms with van der Waals surface area (Å²) in [6.07, 6.45) is -2.57. The predicted octanol–water partition coefficient (Wildman–Crippen LogP) is 6.90. The molecular weight excluding hydrogens is 445 g/mol. The number of ether oxygens (including phenoxy) is 2. The number of halogens is 3. The van der Waals surface area contributed by atoms with Gasteiger partial charge < -0.3 is 9.47 Å². The van der Waals surface area contributed by atoms with Crippen LogP contribution in [0.1, 0.15) is 29.3 Å². The van der Waals surface area contributed by atoms with Crippen molar-refractivity contribution in [3.8, 4) is 5.75 Å². The van der Waals surface area contributed by atoms with E-state index in [0.29, 0.717) is 17.1 Å². The molecule has 0 aliphatic carbocycles. The van der Waals surface area contributed by atoms with Crippen LogP contribution in [0.2, 0.25) is 0 Å². The maximum atomic E-state index is 12.9. The van der Waals surface area contributed by atoms with Gasteiger partial charge in [0.1, 0.15) is 5.75 Å². The van der Waals surface area contributed by atoms with Gasteiger partial charge in [-0.3, -0.25) is 0 Å². The molecule has 8 heteroatoms. The Morgan fingerprint density at radius 3 is 2.65 bits per heavy atom. The molecule has 0 bridgehead atoms. The fourth-order valence-electron chi connectivity index (χ4n) is 3.04. The van der Waals surface area contributed by atoms with Gasteiger partial charge in [-0.15, -0.1) is 23.1 Å². The third-order valence-corrected chi connectivity index (χ3v) is 6.77. The Labute approximate surface area is 187 Å². The lowest BCUT2D eigenvalue weighted by Gasteiger charge is -2.10. The van der Waals surface area contributed by atoms with Crippen LogP contribution in [0.15, 0.2) is 47.4 Å². The molecule has 3 aromatic rings. The highest BCUT2D eigenvalue weighted by molar-refractivity contribution is 7.99. The first-order valence-electron chi connectivity index (χ1n) is 9.88. The molecule has 0 aliphatic rings. The van der Waals surface area contributed by atoms with Gasteiger partial charge in [-0.05, 0) is 79.8 Å². The summed E-state index contributed by atoms with van der Waals surface area (Å²) in [4.78, 5) is 13.6. The monoisotopic (exact) mass is 468 g/mol. The zero-order valence-electron chi connectivity index (χ0n) is 17.3. The van der Waals surface area contributed by atoms with E-state index in [-0.39, 0.29) is 6.61 Å². The molecule has 31 heavy (non-hydrogen) atoms. The number of esters is 1. The quantitative estimate of drug-likeness (QED) is 0.194. The van der Waals surface area contributed by atoms with Crippen molar-refractivity contribution < 1.29 is 27.4 Å². The highest BCUT2D eigenvalue weighted by Gasteiger charge is 2.30. The number of fused-ring (bicyclic) bond motifs is 1. The van der Waals surface area contributed by atoms with Gasteiger partial charge in [0.05, 0.1) is 12.2 Å². The van der Waals surface area contributed by atoms with E-state index in [1.165, 1.54) is 17.4 Å². The van der Waals surface area contributed by atoms with Crippen molar-refractivity contribution >= 4 is 39.2 Å². The lowest BCUT2D eigenvalue weighted by molar-refractivity contribution is -0.145. The molecule has 0 unspecified atom stereocenters. The van der Waals surface area contributed by atoms with Crippen molar-refractivity contribution in [3.63, 3.8) is 0 Å². The maximum Gasteiger partial charge on any atom is 0.416 e. The molecule has 166 valence electrons. The summed E-state index contributed by atoms with van der Waals surface area (Å²) in [6, 6.07) is 11.7. The van der Waals surface area contributed by atoms with Crippen LogP contribution < -0.4 is 4.74 Å². The number of carbonyl (C=O) groups excluding carboxylic acids is 1. The summed E-state index contributed by atoms with van der Waals surface area (Å²) < 4.78 is 49.6. The van der Waals surface area contributed by atoms with Crippen LogP contribution in [0.3, 0.4) is 0 Å². The molecule has 0 saturated carbocycles. The van der Waals surface area contributed by atoms with Crippen LogP contribution in [-0.4, -0.2) is 24.9 Å². The lowest BCUT2D eigenvalue weighted by Crippen LogP contribution is -2.14. The number of hydrogen-bond donors (Lipinski definition) is 0. The van der Waals surface area contributed by atoms with Crippen molar-refractivity contribution in [1.29, 1.82) is 0 Å². The highest BCUT2D eigenvalue weighted by atomic mass is 32.2. The largest absolute Gasteiger partial charge is 0.482 e. The molecule has 0 N–H and O–H groups in total. The van der Waals surface area contributed by atoms with Gasteiger partial charge in [0.2, 0.25) is 0 Å². The molecule has 0 aliphatic heterocycles.